The molecule has 5 heteroatoms. The lowest BCUT2D eigenvalue weighted by molar-refractivity contribution is -0.178. The summed E-state index contributed by atoms with van der Waals surface area (Å²) in [5, 5.41) is 3.67. The fourth-order valence-electron chi connectivity index (χ4n) is 3.29. The lowest BCUT2D eigenvalue weighted by Gasteiger charge is -2.40. The molecule has 3 atom stereocenters. The highest BCUT2D eigenvalue weighted by Gasteiger charge is 2.46. The first-order chi connectivity index (χ1) is 9.71. The van der Waals surface area contributed by atoms with Crippen molar-refractivity contribution in [2.45, 2.75) is 69.5 Å². The van der Waals surface area contributed by atoms with E-state index >= 15 is 0 Å². The van der Waals surface area contributed by atoms with Crippen molar-refractivity contribution in [2.24, 2.45) is 0 Å². The topological polar surface area (TPSA) is 47.6 Å². The second-order valence-electron chi connectivity index (χ2n) is 5.85. The van der Waals surface area contributed by atoms with Crippen molar-refractivity contribution >= 4 is 10.8 Å². The molecule has 0 amide bonds. The molecule has 2 rings (SSSR count). The van der Waals surface area contributed by atoms with Crippen molar-refractivity contribution in [3.05, 3.63) is 0 Å². The minimum atomic E-state index is -0.784. The van der Waals surface area contributed by atoms with E-state index in [2.05, 4.69) is 19.2 Å². The van der Waals surface area contributed by atoms with Gasteiger partial charge in [-0.3, -0.25) is 4.21 Å². The number of nitrogens with one attached hydrogen (secondary N) is 1. The van der Waals surface area contributed by atoms with Crippen LogP contribution in [0, 0.1) is 0 Å². The van der Waals surface area contributed by atoms with Crippen LogP contribution in [0.2, 0.25) is 0 Å². The summed E-state index contributed by atoms with van der Waals surface area (Å²) < 4.78 is 24.3. The average Bonchev–Trinajstić information content (AvgIpc) is 2.90. The predicted molar refractivity (Wildman–Crippen MR) is 82.3 cm³/mol. The van der Waals surface area contributed by atoms with Crippen LogP contribution in [0.15, 0.2) is 0 Å². The van der Waals surface area contributed by atoms with Crippen LogP contribution in [0.25, 0.3) is 0 Å². The van der Waals surface area contributed by atoms with Crippen molar-refractivity contribution in [3.63, 3.8) is 0 Å². The first-order valence-corrected chi connectivity index (χ1v) is 9.47. The molecule has 0 aromatic heterocycles. The Bertz CT molecular complexity index is 318. The molecule has 1 aliphatic heterocycles. The van der Waals surface area contributed by atoms with Gasteiger partial charge in [0.1, 0.15) is 0 Å². The zero-order valence-electron chi connectivity index (χ0n) is 12.9. The maximum absolute atomic E-state index is 12.7. The number of hydrogen-bond donors (Lipinski definition) is 1. The molecule has 20 heavy (non-hydrogen) atoms. The number of unbranched alkanes of at least 4 members (excludes halogenated alkanes) is 2. The van der Waals surface area contributed by atoms with Gasteiger partial charge >= 0.3 is 0 Å². The van der Waals surface area contributed by atoms with Crippen LogP contribution in [0.3, 0.4) is 0 Å². The third-order valence-electron chi connectivity index (χ3n) is 4.36. The van der Waals surface area contributed by atoms with Crippen molar-refractivity contribution < 1.29 is 13.7 Å². The SMILES string of the molecule is CCCCCS(=O)C1CC2(CCC1NCC)OCCO2. The Morgan fingerprint density at radius 2 is 2.00 bits per heavy atom. The Morgan fingerprint density at radius 1 is 1.25 bits per heavy atom. The van der Waals surface area contributed by atoms with Crippen LogP contribution in [-0.2, 0) is 20.3 Å². The molecular weight excluding hydrogens is 274 g/mol. The Balaban J connectivity index is 1.96. The van der Waals surface area contributed by atoms with Gasteiger partial charge in [-0.15, -0.1) is 0 Å². The lowest BCUT2D eigenvalue weighted by Crippen LogP contribution is -2.52. The van der Waals surface area contributed by atoms with E-state index in [1.807, 2.05) is 0 Å². The molecule has 1 saturated heterocycles. The predicted octanol–water partition coefficient (Wildman–Crippen LogP) is 2.20. The van der Waals surface area contributed by atoms with Crippen molar-refractivity contribution in [1.29, 1.82) is 0 Å². The van der Waals surface area contributed by atoms with Gasteiger partial charge in [0.15, 0.2) is 5.79 Å². The highest BCUT2D eigenvalue weighted by Crippen LogP contribution is 2.38. The molecule has 2 aliphatic rings. The molecule has 118 valence electrons. The van der Waals surface area contributed by atoms with E-state index in [1.54, 1.807) is 0 Å². The summed E-state index contributed by atoms with van der Waals surface area (Å²) in [5.74, 6) is 0.382. The average molecular weight is 303 g/mol. The summed E-state index contributed by atoms with van der Waals surface area (Å²) >= 11 is 0. The second-order valence-corrected chi connectivity index (χ2v) is 7.62. The minimum absolute atomic E-state index is 0.165. The second kappa shape index (κ2) is 7.87. The zero-order chi connectivity index (χ0) is 14.4. The van der Waals surface area contributed by atoms with E-state index in [1.165, 1.54) is 12.8 Å². The number of rotatable bonds is 7. The van der Waals surface area contributed by atoms with E-state index in [9.17, 15) is 4.21 Å². The van der Waals surface area contributed by atoms with Crippen molar-refractivity contribution in [2.75, 3.05) is 25.5 Å². The van der Waals surface area contributed by atoms with E-state index in [-0.39, 0.29) is 5.25 Å². The maximum atomic E-state index is 12.7. The molecule has 3 unspecified atom stereocenters. The van der Waals surface area contributed by atoms with Crippen LogP contribution >= 0.6 is 0 Å². The Hall–Kier alpha value is 0.0300. The Morgan fingerprint density at radius 3 is 2.65 bits per heavy atom. The van der Waals surface area contributed by atoms with E-state index in [0.717, 1.165) is 38.0 Å². The van der Waals surface area contributed by atoms with Gasteiger partial charge in [-0.05, 0) is 19.4 Å². The zero-order valence-corrected chi connectivity index (χ0v) is 13.7. The molecule has 1 aliphatic carbocycles. The smallest absolute Gasteiger partial charge is 0.169 e. The van der Waals surface area contributed by atoms with Gasteiger partial charge in [-0.1, -0.05) is 26.7 Å². The summed E-state index contributed by atoms with van der Waals surface area (Å²) in [7, 11) is -0.784. The van der Waals surface area contributed by atoms with Crippen LogP contribution in [0.4, 0.5) is 0 Å². The minimum Gasteiger partial charge on any atom is -0.347 e. The molecule has 0 radical (unpaired) electrons. The van der Waals surface area contributed by atoms with Crippen LogP contribution in [-0.4, -0.2) is 46.8 Å². The molecule has 2 fully saturated rings. The molecule has 0 aromatic carbocycles. The quantitative estimate of drug-likeness (QED) is 0.733. The van der Waals surface area contributed by atoms with Gasteiger partial charge in [0.2, 0.25) is 0 Å². The first-order valence-electron chi connectivity index (χ1n) is 8.09. The van der Waals surface area contributed by atoms with Crippen LogP contribution in [0.1, 0.15) is 52.4 Å². The lowest BCUT2D eigenvalue weighted by atomic mass is 9.89. The molecule has 1 spiro atoms. The molecule has 0 bridgehead atoms. The van der Waals surface area contributed by atoms with Crippen LogP contribution < -0.4 is 5.32 Å². The fraction of sp³-hybridized carbons (Fsp3) is 1.00. The summed E-state index contributed by atoms with van der Waals surface area (Å²) in [6.07, 6.45) is 6.11. The summed E-state index contributed by atoms with van der Waals surface area (Å²) in [5.41, 5.74) is 0. The first kappa shape index (κ1) is 16.4. The number of hydrogen-bond acceptors (Lipinski definition) is 4. The Labute approximate surface area is 125 Å². The summed E-state index contributed by atoms with van der Waals surface area (Å²) in [6, 6.07) is 0.348. The van der Waals surface area contributed by atoms with Gasteiger partial charge in [0.25, 0.3) is 0 Å². The normalized spacial score (nSPS) is 30.7. The molecule has 1 N–H and O–H groups in total. The molecule has 1 saturated carbocycles. The third-order valence-corrected chi connectivity index (χ3v) is 6.23. The largest absolute Gasteiger partial charge is 0.347 e. The third kappa shape index (κ3) is 4.03. The molecule has 0 aromatic rings. The van der Waals surface area contributed by atoms with Crippen LogP contribution in [0.5, 0.6) is 0 Å². The van der Waals surface area contributed by atoms with Gasteiger partial charge < -0.3 is 14.8 Å². The van der Waals surface area contributed by atoms with E-state index in [0.29, 0.717) is 19.3 Å². The van der Waals surface area contributed by atoms with Gasteiger partial charge in [0.05, 0.1) is 18.5 Å². The maximum Gasteiger partial charge on any atom is 0.169 e. The molecule has 4 nitrogen and oxygen atoms in total. The van der Waals surface area contributed by atoms with E-state index < -0.39 is 16.6 Å². The van der Waals surface area contributed by atoms with Gasteiger partial charge in [-0.25, -0.2) is 0 Å². The Kier molecular flexibility index (Phi) is 6.46. The summed E-state index contributed by atoms with van der Waals surface area (Å²) in [4.78, 5) is 0. The highest BCUT2D eigenvalue weighted by molar-refractivity contribution is 7.85. The van der Waals surface area contributed by atoms with E-state index in [4.69, 9.17) is 9.47 Å². The van der Waals surface area contributed by atoms with Crippen molar-refractivity contribution in [1.82, 2.24) is 5.32 Å². The molecular formula is C15H29NO3S. The van der Waals surface area contributed by atoms with Gasteiger partial charge in [-0.2, -0.15) is 0 Å². The standard InChI is InChI=1S/C15H29NO3S/c1-3-5-6-11-20(17)14-12-15(18-9-10-19-15)8-7-13(14)16-4-2/h13-14,16H,3-12H2,1-2H3. The van der Waals surface area contributed by atoms with Gasteiger partial charge in [0, 0.05) is 35.4 Å². The highest BCUT2D eigenvalue weighted by atomic mass is 32.2. The van der Waals surface area contributed by atoms with Crippen molar-refractivity contribution in [3.8, 4) is 0 Å². The summed E-state index contributed by atoms with van der Waals surface area (Å²) in [6.45, 7) is 6.59. The number of ether oxygens (including phenoxy) is 2. The monoisotopic (exact) mass is 303 g/mol. The fourth-order valence-corrected chi connectivity index (χ4v) is 5.12. The molecule has 1 heterocycles.